The van der Waals surface area contributed by atoms with Gasteiger partial charge in [-0.2, -0.15) is 0 Å². The van der Waals surface area contributed by atoms with Gasteiger partial charge in [0.1, 0.15) is 4.60 Å². The van der Waals surface area contributed by atoms with Gasteiger partial charge in [-0.3, -0.25) is 0 Å². The highest BCUT2D eigenvalue weighted by Gasteiger charge is 2.15. The van der Waals surface area contributed by atoms with Crippen LogP contribution in [0.1, 0.15) is 17.3 Å². The molecule has 2 heterocycles. The van der Waals surface area contributed by atoms with Crippen molar-refractivity contribution in [2.24, 2.45) is 0 Å². The summed E-state index contributed by atoms with van der Waals surface area (Å²) in [6, 6.07) is -0.894. The maximum Gasteiger partial charge on any atom is 0.151 e. The van der Waals surface area contributed by atoms with Crippen LogP contribution in [-0.4, -0.2) is 23.2 Å². The van der Waals surface area contributed by atoms with Crippen LogP contribution in [0.15, 0.2) is 16.7 Å². The Morgan fingerprint density at radius 1 is 1.55 bits per heavy atom. The van der Waals surface area contributed by atoms with E-state index >= 15 is 0 Å². The van der Waals surface area contributed by atoms with E-state index in [0.717, 1.165) is 0 Å². The molecule has 1 aromatic heterocycles. The molecule has 0 aliphatic carbocycles. The molecule has 3 nitrogen and oxygen atoms in total. The predicted molar refractivity (Wildman–Crippen MR) is 46.6 cm³/mol. The first-order valence-electron chi connectivity index (χ1n) is 6.76. The van der Waals surface area contributed by atoms with E-state index in [-0.39, 0.29) is 10.6 Å². The minimum absolute atomic E-state index is 0.0223. The zero-order valence-electron chi connectivity index (χ0n) is 13.2. The third-order valence-corrected chi connectivity index (χ3v) is 1.41. The lowest BCUT2D eigenvalue weighted by molar-refractivity contribution is 0.605. The summed E-state index contributed by atoms with van der Waals surface area (Å²) in [6.45, 7) is -5.36. The fourth-order valence-corrected chi connectivity index (χ4v) is 0.745. The monoisotopic (exact) mass is 221 g/mol. The lowest BCUT2D eigenvalue weighted by Crippen LogP contribution is -2.37. The van der Waals surface area contributed by atoms with Gasteiger partial charge in [-0.25, -0.2) is 0 Å². The van der Waals surface area contributed by atoms with Gasteiger partial charge in [0.15, 0.2) is 5.82 Å². The van der Waals surface area contributed by atoms with Gasteiger partial charge in [0, 0.05) is 21.2 Å². The molecule has 2 rings (SSSR count). The second-order valence-corrected chi connectivity index (χ2v) is 2.50. The third kappa shape index (κ3) is 1.35. The summed E-state index contributed by atoms with van der Waals surface area (Å²) in [5.41, 5.74) is 0. The zero-order chi connectivity index (χ0) is 14.8. The van der Waals surface area contributed by atoms with Crippen LogP contribution in [0.5, 0.6) is 0 Å². The van der Waals surface area contributed by atoms with Crippen molar-refractivity contribution < 1.29 is 11.0 Å². The van der Waals surface area contributed by atoms with E-state index < -0.39 is 31.2 Å². The molecule has 0 unspecified atom stereocenters. The summed E-state index contributed by atoms with van der Waals surface area (Å²) in [5, 5.41) is 6.98. The van der Waals surface area contributed by atoms with Crippen LogP contribution >= 0.6 is 15.9 Å². The van der Waals surface area contributed by atoms with Crippen LogP contribution in [0.25, 0.3) is 0 Å². The van der Waals surface area contributed by atoms with Gasteiger partial charge in [-0.15, -0.1) is 10.2 Å². The van der Waals surface area contributed by atoms with E-state index in [0.29, 0.717) is 4.90 Å². The SMILES string of the molecule is [2H]c1c(Br)nnc(N2C([2H])([2H])C([2H])([2H])C2([2H])[2H])c1[2H]. The predicted octanol–water partition coefficient (Wildman–Crippen LogP) is 1.45. The van der Waals surface area contributed by atoms with E-state index in [9.17, 15) is 0 Å². The van der Waals surface area contributed by atoms with E-state index in [1.165, 1.54) is 0 Å². The van der Waals surface area contributed by atoms with Crippen molar-refractivity contribution >= 4 is 21.7 Å². The number of halogens is 1. The highest BCUT2D eigenvalue weighted by Crippen LogP contribution is 2.17. The van der Waals surface area contributed by atoms with Gasteiger partial charge in [-0.05, 0) is 34.4 Å². The molecule has 4 heteroatoms. The maximum atomic E-state index is 7.67. The maximum absolute atomic E-state index is 7.67. The Kier molecular flexibility index (Phi) is 0.610. The lowest BCUT2D eigenvalue weighted by atomic mass is 10.2. The molecule has 0 saturated carbocycles. The Morgan fingerprint density at radius 2 is 2.36 bits per heavy atom. The van der Waals surface area contributed by atoms with Crippen molar-refractivity contribution in [2.45, 2.75) is 6.37 Å². The number of hydrogen-bond donors (Lipinski definition) is 0. The number of aromatic nitrogens is 2. The molecule has 1 aliphatic heterocycles. The molecular weight excluding hydrogens is 206 g/mol. The molecule has 0 N–H and O–H groups in total. The van der Waals surface area contributed by atoms with E-state index in [2.05, 4.69) is 26.1 Å². The van der Waals surface area contributed by atoms with Crippen molar-refractivity contribution in [3.63, 3.8) is 0 Å². The van der Waals surface area contributed by atoms with Crippen LogP contribution in [0.3, 0.4) is 0 Å². The Labute approximate surface area is 84.8 Å². The number of nitrogens with zero attached hydrogens (tertiary/aromatic N) is 3. The number of anilines is 1. The minimum atomic E-state index is -2.76. The molecule has 0 aromatic carbocycles. The zero-order valence-corrected chi connectivity index (χ0v) is 6.81. The molecule has 58 valence electrons. The topological polar surface area (TPSA) is 29.0 Å². The van der Waals surface area contributed by atoms with E-state index in [4.69, 9.17) is 11.0 Å². The summed E-state index contributed by atoms with van der Waals surface area (Å²) in [5.74, 6) is -0.502. The van der Waals surface area contributed by atoms with Crippen LogP contribution in [-0.2, 0) is 0 Å². The highest BCUT2D eigenvalue weighted by atomic mass is 79.9. The van der Waals surface area contributed by atoms with Crippen molar-refractivity contribution in [3.05, 3.63) is 16.7 Å². The Hall–Kier alpha value is -0.640. The van der Waals surface area contributed by atoms with Gasteiger partial charge >= 0.3 is 0 Å². The Bertz CT molecular complexity index is 529. The molecule has 0 atom stereocenters. The lowest BCUT2D eigenvalue weighted by Gasteiger charge is -2.31. The standard InChI is InChI=1S/C7H8BrN3/c8-6-2-3-7(10-9-6)11-4-1-5-11/h2-3H,1,4-5H2/i1D2,2D,3D,4D2,5D2. The van der Waals surface area contributed by atoms with Gasteiger partial charge < -0.3 is 4.90 Å². The molecule has 1 fully saturated rings. The fourth-order valence-electron chi connectivity index (χ4n) is 0.567. The van der Waals surface area contributed by atoms with Crippen molar-refractivity contribution in [1.82, 2.24) is 10.2 Å². The number of rotatable bonds is 1. The van der Waals surface area contributed by atoms with Crippen molar-refractivity contribution in [3.8, 4) is 0 Å². The smallest absolute Gasteiger partial charge is 0.151 e. The largest absolute Gasteiger partial charge is 0.355 e. The van der Waals surface area contributed by atoms with Crippen LogP contribution < -0.4 is 4.90 Å². The fraction of sp³-hybridized carbons (Fsp3) is 0.429. The van der Waals surface area contributed by atoms with E-state index in [1.807, 2.05) is 0 Å². The minimum Gasteiger partial charge on any atom is -0.355 e. The van der Waals surface area contributed by atoms with E-state index in [1.54, 1.807) is 0 Å². The first-order valence-corrected chi connectivity index (χ1v) is 3.55. The molecule has 11 heavy (non-hydrogen) atoms. The number of hydrogen-bond acceptors (Lipinski definition) is 3. The summed E-state index contributed by atoms with van der Waals surface area (Å²) < 4.78 is 60.4. The van der Waals surface area contributed by atoms with Crippen molar-refractivity contribution in [1.29, 1.82) is 0 Å². The second-order valence-electron chi connectivity index (χ2n) is 1.75. The molecule has 0 spiro atoms. The molecule has 1 aromatic rings. The Balaban J connectivity index is 2.58. The van der Waals surface area contributed by atoms with Crippen LogP contribution in [0.2, 0.25) is 0 Å². The van der Waals surface area contributed by atoms with Crippen molar-refractivity contribution in [2.75, 3.05) is 17.9 Å². The summed E-state index contributed by atoms with van der Waals surface area (Å²) in [6.07, 6.45) is -2.76. The second kappa shape index (κ2) is 2.77. The molecule has 0 bridgehead atoms. The van der Waals surface area contributed by atoms with Gasteiger partial charge in [-0.1, -0.05) is 0 Å². The average Bonchev–Trinajstić information content (AvgIpc) is 2.28. The van der Waals surface area contributed by atoms with Gasteiger partial charge in [0.2, 0.25) is 0 Å². The van der Waals surface area contributed by atoms with Crippen LogP contribution in [0.4, 0.5) is 5.82 Å². The molecular formula is C7H8BrN3. The van der Waals surface area contributed by atoms with Crippen LogP contribution in [0, 0.1) is 0 Å². The molecule has 1 saturated heterocycles. The van der Waals surface area contributed by atoms with Gasteiger partial charge in [0.05, 0.1) is 2.74 Å². The molecule has 1 aliphatic rings. The third-order valence-electron chi connectivity index (χ3n) is 1.06. The summed E-state index contributed by atoms with van der Waals surface area (Å²) in [7, 11) is 0. The Morgan fingerprint density at radius 3 is 3.18 bits per heavy atom. The van der Waals surface area contributed by atoms with Gasteiger partial charge in [0.25, 0.3) is 0 Å². The summed E-state index contributed by atoms with van der Waals surface area (Å²) in [4.78, 5) is 0.403. The molecule has 0 radical (unpaired) electrons. The first kappa shape index (κ1) is 2.42. The molecule has 0 amide bonds. The summed E-state index contributed by atoms with van der Waals surface area (Å²) >= 11 is 2.89. The normalized spacial score (nSPS) is 40.6. The highest BCUT2D eigenvalue weighted by molar-refractivity contribution is 9.10. The first-order chi connectivity index (χ1) is 8.46. The quantitative estimate of drug-likeness (QED) is 0.720. The average molecular weight is 222 g/mol.